The van der Waals surface area contributed by atoms with Crippen LogP contribution < -0.4 is 9.62 Å². The van der Waals surface area contributed by atoms with Crippen LogP contribution in [0.1, 0.15) is 0 Å². The maximum absolute atomic E-state index is 12.2. The van der Waals surface area contributed by atoms with Crippen molar-refractivity contribution in [2.75, 3.05) is 23.7 Å². The Morgan fingerprint density at radius 2 is 2.05 bits per heavy atom. The van der Waals surface area contributed by atoms with Gasteiger partial charge in [0.1, 0.15) is 4.21 Å². The van der Waals surface area contributed by atoms with Gasteiger partial charge in [0.15, 0.2) is 5.82 Å². The summed E-state index contributed by atoms with van der Waals surface area (Å²) in [5.41, 5.74) is 0.428. The molecule has 0 fully saturated rings. The van der Waals surface area contributed by atoms with E-state index in [9.17, 15) is 8.42 Å². The quantitative estimate of drug-likeness (QED) is 0.941. The molecule has 0 unspecified atom stereocenters. The molecule has 0 saturated carbocycles. The standard InChI is InChI=1S/C11H12ClN3O2S2/c1-15(2)11-8(4-3-7-13-11)14-19(16,17)10-6-5-9(12)18-10/h3-7,14H,1-2H3. The van der Waals surface area contributed by atoms with E-state index in [-0.39, 0.29) is 4.21 Å². The summed E-state index contributed by atoms with van der Waals surface area (Å²) in [6.07, 6.45) is 1.61. The smallest absolute Gasteiger partial charge is 0.271 e. The lowest BCUT2D eigenvalue weighted by Crippen LogP contribution is -2.17. The van der Waals surface area contributed by atoms with Gasteiger partial charge < -0.3 is 4.90 Å². The van der Waals surface area contributed by atoms with Crippen molar-refractivity contribution in [3.05, 3.63) is 34.8 Å². The van der Waals surface area contributed by atoms with Gasteiger partial charge in [-0.3, -0.25) is 4.72 Å². The van der Waals surface area contributed by atoms with Crippen LogP contribution in [-0.4, -0.2) is 27.5 Å². The molecule has 0 aliphatic rings. The molecule has 2 aromatic heterocycles. The van der Waals surface area contributed by atoms with Crippen LogP contribution in [0.3, 0.4) is 0 Å². The average molecular weight is 318 g/mol. The van der Waals surface area contributed by atoms with Gasteiger partial charge in [0.2, 0.25) is 0 Å². The molecule has 0 bridgehead atoms. The van der Waals surface area contributed by atoms with Gasteiger partial charge >= 0.3 is 0 Å². The third kappa shape index (κ3) is 3.17. The third-order valence-corrected chi connectivity index (χ3v) is 5.36. The minimum Gasteiger partial charge on any atom is -0.361 e. The van der Waals surface area contributed by atoms with E-state index in [1.54, 1.807) is 43.4 Å². The molecule has 8 heteroatoms. The molecule has 0 atom stereocenters. The first kappa shape index (κ1) is 14.1. The number of nitrogens with zero attached hydrogens (tertiary/aromatic N) is 2. The van der Waals surface area contributed by atoms with Crippen LogP contribution in [0.2, 0.25) is 4.34 Å². The van der Waals surface area contributed by atoms with Gasteiger partial charge in [-0.05, 0) is 24.3 Å². The van der Waals surface area contributed by atoms with E-state index in [4.69, 9.17) is 11.6 Å². The van der Waals surface area contributed by atoms with E-state index >= 15 is 0 Å². The van der Waals surface area contributed by atoms with Gasteiger partial charge in [-0.1, -0.05) is 11.6 Å². The Bertz CT molecular complexity index is 683. The molecule has 0 saturated heterocycles. The second kappa shape index (κ2) is 5.36. The molecule has 5 nitrogen and oxygen atoms in total. The molecule has 19 heavy (non-hydrogen) atoms. The summed E-state index contributed by atoms with van der Waals surface area (Å²) in [5.74, 6) is 0.550. The van der Waals surface area contributed by atoms with E-state index < -0.39 is 10.0 Å². The Morgan fingerprint density at radius 3 is 2.63 bits per heavy atom. The second-order valence-electron chi connectivity index (χ2n) is 3.93. The van der Waals surface area contributed by atoms with Gasteiger partial charge in [-0.15, -0.1) is 11.3 Å². The predicted octanol–water partition coefficient (Wildman–Crippen LogP) is 2.66. The van der Waals surface area contributed by atoms with Gasteiger partial charge in [-0.2, -0.15) is 0 Å². The van der Waals surface area contributed by atoms with Crippen molar-refractivity contribution < 1.29 is 8.42 Å². The predicted molar refractivity (Wildman–Crippen MR) is 78.7 cm³/mol. The van der Waals surface area contributed by atoms with Crippen LogP contribution in [0.15, 0.2) is 34.7 Å². The second-order valence-corrected chi connectivity index (χ2v) is 7.56. The lowest BCUT2D eigenvalue weighted by Gasteiger charge is -2.16. The van der Waals surface area contributed by atoms with Gasteiger partial charge in [-0.25, -0.2) is 13.4 Å². The molecule has 102 valence electrons. The lowest BCUT2D eigenvalue weighted by molar-refractivity contribution is 0.603. The number of hydrogen-bond donors (Lipinski definition) is 1. The fraction of sp³-hybridized carbons (Fsp3) is 0.182. The van der Waals surface area contributed by atoms with Crippen molar-refractivity contribution in [1.82, 2.24) is 4.98 Å². The van der Waals surface area contributed by atoms with Crippen molar-refractivity contribution >= 4 is 44.5 Å². The normalized spacial score (nSPS) is 11.3. The summed E-state index contributed by atoms with van der Waals surface area (Å²) in [6.45, 7) is 0. The lowest BCUT2D eigenvalue weighted by atomic mass is 10.4. The van der Waals surface area contributed by atoms with Crippen LogP contribution in [0.5, 0.6) is 0 Å². The number of halogens is 1. The molecule has 0 amide bonds. The van der Waals surface area contributed by atoms with Crippen molar-refractivity contribution in [1.29, 1.82) is 0 Å². The van der Waals surface area contributed by atoms with Crippen LogP contribution >= 0.6 is 22.9 Å². The Morgan fingerprint density at radius 1 is 1.32 bits per heavy atom. The number of aromatic nitrogens is 1. The van der Waals surface area contributed by atoms with Gasteiger partial charge in [0.25, 0.3) is 10.0 Å². The molecule has 2 rings (SSSR count). The number of sulfonamides is 1. The monoisotopic (exact) mass is 317 g/mol. The molecular weight excluding hydrogens is 306 g/mol. The Hall–Kier alpha value is -1.31. The fourth-order valence-electron chi connectivity index (χ4n) is 1.47. The summed E-state index contributed by atoms with van der Waals surface area (Å²) in [5, 5.41) is 0. The highest BCUT2D eigenvalue weighted by atomic mass is 35.5. The average Bonchev–Trinajstić information content (AvgIpc) is 2.76. The van der Waals surface area contributed by atoms with Crippen molar-refractivity contribution in [3.63, 3.8) is 0 Å². The maximum atomic E-state index is 12.2. The van der Waals surface area contributed by atoms with E-state index in [0.717, 1.165) is 11.3 Å². The minimum atomic E-state index is -3.63. The van der Waals surface area contributed by atoms with Crippen LogP contribution in [-0.2, 0) is 10.0 Å². The largest absolute Gasteiger partial charge is 0.361 e. The number of rotatable bonds is 4. The van der Waals surface area contributed by atoms with Crippen molar-refractivity contribution in [3.8, 4) is 0 Å². The molecule has 2 aromatic rings. The first-order chi connectivity index (χ1) is 8.90. The molecule has 0 aliphatic carbocycles. The number of pyridine rings is 1. The topological polar surface area (TPSA) is 62.3 Å². The molecule has 0 spiro atoms. The van der Waals surface area contributed by atoms with E-state index in [2.05, 4.69) is 9.71 Å². The summed E-state index contributed by atoms with van der Waals surface area (Å²) < 4.78 is 27.5. The number of hydrogen-bond acceptors (Lipinski definition) is 5. The molecular formula is C11H12ClN3O2S2. The summed E-state index contributed by atoms with van der Waals surface area (Å²) in [7, 11) is -0.0435. The van der Waals surface area contributed by atoms with Gasteiger partial charge in [0.05, 0.1) is 10.0 Å². The zero-order chi connectivity index (χ0) is 14.0. The molecule has 0 aliphatic heterocycles. The SMILES string of the molecule is CN(C)c1ncccc1NS(=O)(=O)c1ccc(Cl)s1. The summed E-state index contributed by atoms with van der Waals surface area (Å²) in [6, 6.07) is 6.36. The maximum Gasteiger partial charge on any atom is 0.271 e. The Kier molecular flexibility index (Phi) is 3.98. The third-order valence-electron chi connectivity index (χ3n) is 2.27. The van der Waals surface area contributed by atoms with Crippen LogP contribution in [0.25, 0.3) is 0 Å². The highest BCUT2D eigenvalue weighted by Gasteiger charge is 2.19. The van der Waals surface area contributed by atoms with Crippen LogP contribution in [0.4, 0.5) is 11.5 Å². The Balaban J connectivity index is 2.36. The van der Waals surface area contributed by atoms with Crippen molar-refractivity contribution in [2.45, 2.75) is 4.21 Å². The highest BCUT2D eigenvalue weighted by Crippen LogP contribution is 2.29. The highest BCUT2D eigenvalue weighted by molar-refractivity contribution is 7.94. The summed E-state index contributed by atoms with van der Waals surface area (Å²) in [4.78, 5) is 5.87. The molecule has 0 aromatic carbocycles. The fourth-order valence-corrected chi connectivity index (χ4v) is 4.01. The van der Waals surface area contributed by atoms with Crippen molar-refractivity contribution in [2.24, 2.45) is 0 Å². The van der Waals surface area contributed by atoms with Gasteiger partial charge in [0, 0.05) is 20.3 Å². The number of anilines is 2. The zero-order valence-electron chi connectivity index (χ0n) is 10.3. The van der Waals surface area contributed by atoms with E-state index in [0.29, 0.717) is 15.8 Å². The first-order valence-electron chi connectivity index (χ1n) is 5.30. The molecule has 2 heterocycles. The van der Waals surface area contributed by atoms with E-state index in [1.165, 1.54) is 6.07 Å². The minimum absolute atomic E-state index is 0.172. The Labute approximate surface area is 120 Å². The molecule has 0 radical (unpaired) electrons. The molecule has 1 N–H and O–H groups in total. The van der Waals surface area contributed by atoms with E-state index in [1.807, 2.05) is 0 Å². The first-order valence-corrected chi connectivity index (χ1v) is 7.98. The summed E-state index contributed by atoms with van der Waals surface area (Å²) >= 11 is 6.77. The number of nitrogens with one attached hydrogen (secondary N) is 1. The zero-order valence-corrected chi connectivity index (χ0v) is 12.7. The van der Waals surface area contributed by atoms with Crippen LogP contribution in [0, 0.1) is 0 Å². The number of thiophene rings is 1.